The molecular weight excluding hydrogens is 322 g/mol. The molecule has 24 heavy (non-hydrogen) atoms. The summed E-state index contributed by atoms with van der Waals surface area (Å²) in [4.78, 5) is 15.8. The molecule has 128 valence electrons. The standard InChI is InChI=1S/C19H23NO3S/c1-19(2,22)17-9-4-10-20(17)18(21)14-6-3-7-15(12-14)23-13-16-8-5-11-24-16/h3,5-8,11-12,17,22H,4,9-10,13H2,1-2H3. The summed E-state index contributed by atoms with van der Waals surface area (Å²) in [6.07, 6.45) is 1.76. The van der Waals surface area contributed by atoms with Crippen LogP contribution < -0.4 is 4.74 Å². The number of carbonyl (C=O) groups is 1. The third-order valence-electron chi connectivity index (χ3n) is 4.37. The summed E-state index contributed by atoms with van der Waals surface area (Å²) in [7, 11) is 0. The fourth-order valence-corrected chi connectivity index (χ4v) is 3.79. The van der Waals surface area contributed by atoms with Crippen molar-refractivity contribution in [3.8, 4) is 5.75 Å². The van der Waals surface area contributed by atoms with Gasteiger partial charge in [-0.2, -0.15) is 0 Å². The van der Waals surface area contributed by atoms with Crippen LogP contribution in [0.2, 0.25) is 0 Å². The Labute approximate surface area is 146 Å². The molecule has 1 amide bonds. The van der Waals surface area contributed by atoms with Gasteiger partial charge >= 0.3 is 0 Å². The quantitative estimate of drug-likeness (QED) is 0.899. The van der Waals surface area contributed by atoms with Crippen LogP contribution in [-0.2, 0) is 6.61 Å². The summed E-state index contributed by atoms with van der Waals surface area (Å²) < 4.78 is 5.79. The molecule has 1 aromatic heterocycles. The van der Waals surface area contributed by atoms with Crippen LogP contribution in [0.5, 0.6) is 5.75 Å². The lowest BCUT2D eigenvalue weighted by molar-refractivity contribution is 0.000326. The van der Waals surface area contributed by atoms with Crippen LogP contribution in [0.15, 0.2) is 41.8 Å². The summed E-state index contributed by atoms with van der Waals surface area (Å²) in [6, 6.07) is 11.2. The summed E-state index contributed by atoms with van der Waals surface area (Å²) in [5.74, 6) is 0.648. The van der Waals surface area contributed by atoms with Gasteiger partial charge in [0, 0.05) is 17.0 Å². The van der Waals surface area contributed by atoms with Crippen molar-refractivity contribution in [2.45, 2.75) is 44.9 Å². The van der Waals surface area contributed by atoms with Crippen molar-refractivity contribution in [3.05, 3.63) is 52.2 Å². The number of carbonyl (C=O) groups excluding carboxylic acids is 1. The molecule has 2 heterocycles. The molecule has 1 aliphatic rings. The molecule has 1 N–H and O–H groups in total. The van der Waals surface area contributed by atoms with E-state index >= 15 is 0 Å². The second-order valence-corrected chi connectivity index (χ2v) is 7.74. The van der Waals surface area contributed by atoms with E-state index in [1.54, 1.807) is 42.2 Å². The van der Waals surface area contributed by atoms with Crippen LogP contribution in [-0.4, -0.2) is 34.1 Å². The number of likely N-dealkylation sites (tertiary alicyclic amines) is 1. The van der Waals surface area contributed by atoms with E-state index in [1.165, 1.54) is 0 Å². The van der Waals surface area contributed by atoms with Gasteiger partial charge in [-0.15, -0.1) is 11.3 Å². The van der Waals surface area contributed by atoms with E-state index in [0.717, 1.165) is 17.7 Å². The molecule has 1 saturated heterocycles. The van der Waals surface area contributed by atoms with Gasteiger partial charge in [0.25, 0.3) is 5.91 Å². The maximum absolute atomic E-state index is 12.9. The van der Waals surface area contributed by atoms with Crippen molar-refractivity contribution < 1.29 is 14.6 Å². The molecule has 1 aliphatic heterocycles. The lowest BCUT2D eigenvalue weighted by atomic mass is 9.96. The van der Waals surface area contributed by atoms with Crippen molar-refractivity contribution in [2.24, 2.45) is 0 Å². The highest BCUT2D eigenvalue weighted by Gasteiger charge is 2.38. The first-order valence-electron chi connectivity index (χ1n) is 8.24. The lowest BCUT2D eigenvalue weighted by Gasteiger charge is -2.33. The van der Waals surface area contributed by atoms with Gasteiger partial charge in [0.2, 0.25) is 0 Å². The highest BCUT2D eigenvalue weighted by atomic mass is 32.1. The van der Waals surface area contributed by atoms with E-state index < -0.39 is 5.60 Å². The Morgan fingerprint density at radius 3 is 2.92 bits per heavy atom. The number of nitrogens with zero attached hydrogens (tertiary/aromatic N) is 1. The molecule has 4 nitrogen and oxygen atoms in total. The van der Waals surface area contributed by atoms with E-state index in [1.807, 2.05) is 29.6 Å². The zero-order chi connectivity index (χ0) is 17.2. The average molecular weight is 345 g/mol. The number of rotatable bonds is 5. The summed E-state index contributed by atoms with van der Waals surface area (Å²) in [6.45, 7) is 4.73. The largest absolute Gasteiger partial charge is 0.488 e. The molecule has 0 spiro atoms. The van der Waals surface area contributed by atoms with Crippen LogP contribution in [0.3, 0.4) is 0 Å². The topological polar surface area (TPSA) is 49.8 Å². The molecule has 0 aliphatic carbocycles. The van der Waals surface area contributed by atoms with Crippen molar-refractivity contribution in [1.29, 1.82) is 0 Å². The lowest BCUT2D eigenvalue weighted by Crippen LogP contribution is -2.48. The molecule has 1 fully saturated rings. The number of benzene rings is 1. The van der Waals surface area contributed by atoms with Crippen molar-refractivity contribution in [3.63, 3.8) is 0 Å². The molecule has 0 saturated carbocycles. The number of aliphatic hydroxyl groups is 1. The maximum atomic E-state index is 12.9. The van der Waals surface area contributed by atoms with E-state index in [-0.39, 0.29) is 11.9 Å². The number of thiophene rings is 1. The Hall–Kier alpha value is -1.85. The van der Waals surface area contributed by atoms with Gasteiger partial charge in [-0.1, -0.05) is 12.1 Å². The zero-order valence-electron chi connectivity index (χ0n) is 14.1. The summed E-state index contributed by atoms with van der Waals surface area (Å²) in [5, 5.41) is 12.3. The molecule has 1 unspecified atom stereocenters. The van der Waals surface area contributed by atoms with Crippen LogP contribution in [0.25, 0.3) is 0 Å². The molecular formula is C19H23NO3S. The smallest absolute Gasteiger partial charge is 0.254 e. The first-order valence-corrected chi connectivity index (χ1v) is 9.12. The Balaban J connectivity index is 1.72. The normalized spacial score (nSPS) is 18.0. The third kappa shape index (κ3) is 3.79. The molecule has 1 aromatic carbocycles. The fourth-order valence-electron chi connectivity index (χ4n) is 3.18. The van der Waals surface area contributed by atoms with Crippen LogP contribution in [0, 0.1) is 0 Å². The monoisotopic (exact) mass is 345 g/mol. The van der Waals surface area contributed by atoms with Crippen LogP contribution in [0.1, 0.15) is 41.9 Å². The minimum absolute atomic E-state index is 0.0406. The van der Waals surface area contributed by atoms with Gasteiger partial charge in [0.15, 0.2) is 0 Å². The van der Waals surface area contributed by atoms with Gasteiger partial charge in [-0.05, 0) is 56.3 Å². The van der Waals surface area contributed by atoms with E-state index in [9.17, 15) is 9.90 Å². The van der Waals surface area contributed by atoms with E-state index in [4.69, 9.17) is 4.74 Å². The van der Waals surface area contributed by atoms with Crippen LogP contribution >= 0.6 is 11.3 Å². The zero-order valence-corrected chi connectivity index (χ0v) is 14.9. The van der Waals surface area contributed by atoms with Crippen molar-refractivity contribution in [2.75, 3.05) is 6.54 Å². The minimum Gasteiger partial charge on any atom is -0.488 e. The van der Waals surface area contributed by atoms with Crippen molar-refractivity contribution in [1.82, 2.24) is 4.90 Å². The Kier molecular flexibility index (Phi) is 4.92. The molecule has 1 atom stereocenters. The highest BCUT2D eigenvalue weighted by Crippen LogP contribution is 2.29. The predicted molar refractivity (Wildman–Crippen MR) is 95.4 cm³/mol. The fraction of sp³-hybridized carbons (Fsp3) is 0.421. The SMILES string of the molecule is CC(C)(O)C1CCCN1C(=O)c1cccc(OCc2cccs2)c1. The molecule has 2 aromatic rings. The maximum Gasteiger partial charge on any atom is 0.254 e. The van der Waals surface area contributed by atoms with E-state index in [0.29, 0.717) is 24.5 Å². The molecule has 5 heteroatoms. The Bertz CT molecular complexity index is 691. The molecule has 0 radical (unpaired) electrons. The Morgan fingerprint density at radius 1 is 1.38 bits per heavy atom. The molecule has 0 bridgehead atoms. The van der Waals surface area contributed by atoms with Gasteiger partial charge in [0.05, 0.1) is 11.6 Å². The number of amides is 1. The minimum atomic E-state index is -0.889. The van der Waals surface area contributed by atoms with Crippen LogP contribution in [0.4, 0.5) is 0 Å². The predicted octanol–water partition coefficient (Wildman–Crippen LogP) is 3.70. The second kappa shape index (κ2) is 6.95. The number of hydrogen-bond donors (Lipinski definition) is 1. The summed E-state index contributed by atoms with van der Waals surface area (Å²) in [5.41, 5.74) is -0.283. The second-order valence-electron chi connectivity index (χ2n) is 6.71. The van der Waals surface area contributed by atoms with Gasteiger partial charge < -0.3 is 14.7 Å². The Morgan fingerprint density at radius 2 is 2.21 bits per heavy atom. The van der Waals surface area contributed by atoms with E-state index in [2.05, 4.69) is 0 Å². The summed E-state index contributed by atoms with van der Waals surface area (Å²) >= 11 is 1.65. The number of ether oxygens (including phenoxy) is 1. The molecule has 3 rings (SSSR count). The highest BCUT2D eigenvalue weighted by molar-refractivity contribution is 7.09. The van der Waals surface area contributed by atoms with Gasteiger partial charge in [0.1, 0.15) is 12.4 Å². The average Bonchev–Trinajstić information content (AvgIpc) is 3.23. The first kappa shape index (κ1) is 17.0. The number of hydrogen-bond acceptors (Lipinski definition) is 4. The van der Waals surface area contributed by atoms with Gasteiger partial charge in [-0.3, -0.25) is 4.79 Å². The van der Waals surface area contributed by atoms with Gasteiger partial charge in [-0.25, -0.2) is 0 Å². The first-order chi connectivity index (χ1) is 11.4. The van der Waals surface area contributed by atoms with Crippen molar-refractivity contribution >= 4 is 17.2 Å². The third-order valence-corrected chi connectivity index (χ3v) is 5.22.